The molecule has 2 heterocycles. The van der Waals surface area contributed by atoms with Gasteiger partial charge in [-0.2, -0.15) is 0 Å². The van der Waals surface area contributed by atoms with E-state index in [0.717, 1.165) is 26.9 Å². The zero-order valence-electron chi connectivity index (χ0n) is 21.2. The molecule has 2 aliphatic rings. The van der Waals surface area contributed by atoms with Gasteiger partial charge in [-0.1, -0.05) is 46.0 Å². The van der Waals surface area contributed by atoms with Gasteiger partial charge in [0.2, 0.25) is 6.79 Å². The lowest BCUT2D eigenvalue weighted by atomic mass is 10.1. The fourth-order valence-corrected chi connectivity index (χ4v) is 5.74. The van der Waals surface area contributed by atoms with Crippen LogP contribution in [0.4, 0.5) is 11.4 Å². The molecule has 0 radical (unpaired) electrons. The second kappa shape index (κ2) is 11.3. The molecular formula is C28H23BrN2O6S2. The van der Waals surface area contributed by atoms with Gasteiger partial charge in [-0.3, -0.25) is 14.5 Å². The molecule has 0 unspecified atom stereocenters. The molecule has 3 aromatic carbocycles. The number of methoxy groups -OCH3 is 1. The first-order chi connectivity index (χ1) is 18.7. The third-order valence-corrected chi connectivity index (χ3v) is 8.41. The lowest BCUT2D eigenvalue weighted by Crippen LogP contribution is -2.27. The van der Waals surface area contributed by atoms with Gasteiger partial charge in [-0.05, 0) is 73.0 Å². The summed E-state index contributed by atoms with van der Waals surface area (Å²) in [4.78, 5) is 27.7. The number of carbonyl (C=O) groups is 2. The molecule has 0 aliphatic carbocycles. The Bertz CT molecular complexity index is 1540. The van der Waals surface area contributed by atoms with Crippen LogP contribution in [0.15, 0.2) is 57.9 Å². The molecule has 0 atom stereocenters. The molecule has 3 aromatic rings. The molecule has 200 valence electrons. The van der Waals surface area contributed by atoms with E-state index in [1.165, 1.54) is 23.8 Å². The van der Waals surface area contributed by atoms with Crippen molar-refractivity contribution in [2.75, 3.05) is 30.7 Å². The van der Waals surface area contributed by atoms with Gasteiger partial charge in [0.1, 0.15) is 0 Å². The third-order valence-electron chi connectivity index (χ3n) is 6.25. The van der Waals surface area contributed by atoms with Gasteiger partial charge in [0.05, 0.1) is 17.7 Å². The predicted octanol–water partition coefficient (Wildman–Crippen LogP) is 6.23. The fraction of sp³-hybridized carbons (Fsp3) is 0.179. The minimum atomic E-state index is -0.293. The van der Waals surface area contributed by atoms with E-state index in [-0.39, 0.29) is 25.2 Å². The van der Waals surface area contributed by atoms with Gasteiger partial charge in [-0.25, -0.2) is 0 Å². The second-order valence-electron chi connectivity index (χ2n) is 8.65. The maximum absolute atomic E-state index is 13.2. The minimum Gasteiger partial charge on any atom is -0.493 e. The number of rotatable bonds is 7. The van der Waals surface area contributed by atoms with Crippen LogP contribution in [0.3, 0.4) is 0 Å². The van der Waals surface area contributed by atoms with E-state index in [4.69, 9.17) is 31.2 Å². The molecule has 39 heavy (non-hydrogen) atoms. The SMILES string of the molecule is COc1cc(/C=C2/SC(=S)N(c3ccc4c(c3)OCO4)C2=O)ccc1OCC(=O)Nc1ccc(Br)c(C)c1C. The average molecular weight is 628 g/mol. The van der Waals surface area contributed by atoms with E-state index in [1.807, 2.05) is 26.0 Å². The number of fused-ring (bicyclic) bond motifs is 1. The molecular weight excluding hydrogens is 604 g/mol. The molecule has 8 nitrogen and oxygen atoms in total. The maximum atomic E-state index is 13.2. The van der Waals surface area contributed by atoms with Gasteiger partial charge in [0.15, 0.2) is 33.9 Å². The first-order valence-corrected chi connectivity index (χ1v) is 13.8. The number of nitrogens with one attached hydrogen (secondary N) is 1. The van der Waals surface area contributed by atoms with Crippen LogP contribution in [0.25, 0.3) is 6.08 Å². The smallest absolute Gasteiger partial charge is 0.270 e. The summed E-state index contributed by atoms with van der Waals surface area (Å²) in [7, 11) is 1.51. The number of ether oxygens (including phenoxy) is 4. The van der Waals surface area contributed by atoms with Crippen LogP contribution in [-0.2, 0) is 9.59 Å². The number of benzene rings is 3. The van der Waals surface area contributed by atoms with Crippen LogP contribution in [0.1, 0.15) is 16.7 Å². The Morgan fingerprint density at radius 1 is 1.10 bits per heavy atom. The number of halogens is 1. The van der Waals surface area contributed by atoms with E-state index in [2.05, 4.69) is 21.2 Å². The highest BCUT2D eigenvalue weighted by Crippen LogP contribution is 2.41. The van der Waals surface area contributed by atoms with Crippen LogP contribution in [0, 0.1) is 13.8 Å². The Hall–Kier alpha value is -3.54. The standard InChI is InChI=1S/C28H23BrN2O6S2/c1-15-16(2)20(7-6-19(15)29)30-26(32)13-35-21-8-4-17(10-23(21)34-3)11-25-27(33)31(28(38)39-25)18-5-9-22-24(12-18)37-14-36-22/h4-12H,13-14H2,1-3H3,(H,30,32)/b25-11+. The summed E-state index contributed by atoms with van der Waals surface area (Å²) >= 11 is 10.2. The van der Waals surface area contributed by atoms with E-state index < -0.39 is 0 Å². The predicted molar refractivity (Wildman–Crippen MR) is 159 cm³/mol. The number of anilines is 2. The summed E-state index contributed by atoms with van der Waals surface area (Å²) in [5.74, 6) is 1.50. The van der Waals surface area contributed by atoms with Crippen molar-refractivity contribution >= 4 is 73.5 Å². The molecule has 11 heteroatoms. The first-order valence-electron chi connectivity index (χ1n) is 11.8. The molecule has 0 saturated carbocycles. The van der Waals surface area contributed by atoms with E-state index in [1.54, 1.807) is 42.5 Å². The Morgan fingerprint density at radius 2 is 1.90 bits per heavy atom. The van der Waals surface area contributed by atoms with Crippen molar-refractivity contribution < 1.29 is 28.5 Å². The summed E-state index contributed by atoms with van der Waals surface area (Å²) in [6, 6.07) is 14.2. The minimum absolute atomic E-state index is 0.147. The quantitative estimate of drug-likeness (QED) is 0.244. The number of hydrogen-bond donors (Lipinski definition) is 1. The van der Waals surface area contributed by atoms with Gasteiger partial charge >= 0.3 is 0 Å². The number of amides is 2. The lowest BCUT2D eigenvalue weighted by Gasteiger charge is -2.15. The van der Waals surface area contributed by atoms with Crippen molar-refractivity contribution in [2.24, 2.45) is 0 Å². The Kier molecular flexibility index (Phi) is 7.83. The van der Waals surface area contributed by atoms with Crippen LogP contribution in [0.2, 0.25) is 0 Å². The monoisotopic (exact) mass is 626 g/mol. The Balaban J connectivity index is 1.27. The summed E-state index contributed by atoms with van der Waals surface area (Å²) in [5.41, 5.74) is 4.08. The van der Waals surface area contributed by atoms with Gasteiger partial charge < -0.3 is 24.3 Å². The van der Waals surface area contributed by atoms with E-state index in [0.29, 0.717) is 37.9 Å². The van der Waals surface area contributed by atoms with Crippen molar-refractivity contribution in [1.82, 2.24) is 0 Å². The van der Waals surface area contributed by atoms with Crippen molar-refractivity contribution in [2.45, 2.75) is 13.8 Å². The first kappa shape index (κ1) is 27.0. The van der Waals surface area contributed by atoms with Gasteiger partial charge in [-0.15, -0.1) is 0 Å². The van der Waals surface area contributed by atoms with E-state index >= 15 is 0 Å². The summed E-state index contributed by atoms with van der Waals surface area (Å²) < 4.78 is 23.4. The summed E-state index contributed by atoms with van der Waals surface area (Å²) in [6.07, 6.45) is 1.74. The van der Waals surface area contributed by atoms with Crippen molar-refractivity contribution in [3.63, 3.8) is 0 Å². The zero-order valence-corrected chi connectivity index (χ0v) is 24.4. The molecule has 2 aliphatic heterocycles. The number of nitrogens with zero attached hydrogens (tertiary/aromatic N) is 1. The summed E-state index contributed by atoms with van der Waals surface area (Å²) in [6.45, 7) is 3.88. The third kappa shape index (κ3) is 5.61. The highest BCUT2D eigenvalue weighted by atomic mass is 79.9. The fourth-order valence-electron chi connectivity index (χ4n) is 4.01. The zero-order chi connectivity index (χ0) is 27.7. The molecule has 5 rings (SSSR count). The number of thiocarbonyl (C=S) groups is 1. The summed E-state index contributed by atoms with van der Waals surface area (Å²) in [5, 5.41) is 2.88. The molecule has 1 N–H and O–H groups in total. The van der Waals surface area contributed by atoms with Crippen molar-refractivity contribution in [3.8, 4) is 23.0 Å². The molecule has 0 bridgehead atoms. The molecule has 2 amide bonds. The molecule has 1 fully saturated rings. The number of hydrogen-bond acceptors (Lipinski definition) is 8. The largest absolute Gasteiger partial charge is 0.493 e. The highest BCUT2D eigenvalue weighted by Gasteiger charge is 2.34. The topological polar surface area (TPSA) is 86.3 Å². The van der Waals surface area contributed by atoms with Crippen molar-refractivity contribution in [1.29, 1.82) is 0 Å². The van der Waals surface area contributed by atoms with Crippen molar-refractivity contribution in [3.05, 3.63) is 74.6 Å². The van der Waals surface area contributed by atoms with Crippen LogP contribution < -0.4 is 29.2 Å². The van der Waals surface area contributed by atoms with Gasteiger partial charge in [0, 0.05) is 16.2 Å². The normalized spacial score (nSPS) is 15.2. The van der Waals surface area contributed by atoms with Gasteiger partial charge in [0.25, 0.3) is 11.8 Å². The lowest BCUT2D eigenvalue weighted by molar-refractivity contribution is -0.118. The second-order valence-corrected chi connectivity index (χ2v) is 11.2. The van der Waals surface area contributed by atoms with E-state index in [9.17, 15) is 9.59 Å². The average Bonchev–Trinajstić information content (AvgIpc) is 3.51. The maximum Gasteiger partial charge on any atom is 0.270 e. The number of carbonyl (C=O) groups excluding carboxylic acids is 2. The Labute approximate surface area is 243 Å². The van der Waals surface area contributed by atoms with Crippen LogP contribution >= 0.6 is 39.9 Å². The van der Waals surface area contributed by atoms with Crippen LogP contribution in [-0.4, -0.2) is 36.6 Å². The Morgan fingerprint density at radius 3 is 2.69 bits per heavy atom. The number of thioether (sulfide) groups is 1. The molecule has 0 aromatic heterocycles. The molecule has 1 saturated heterocycles. The van der Waals surface area contributed by atoms with Crippen LogP contribution in [0.5, 0.6) is 23.0 Å². The highest BCUT2D eigenvalue weighted by molar-refractivity contribution is 9.10. The molecule has 0 spiro atoms.